The SMILES string of the molecule is COCc1cc(/C=C/C(=O)c2c(O)cc(C)oc2=O)ccc1OC. The Morgan fingerprint density at radius 1 is 1.29 bits per heavy atom. The lowest BCUT2D eigenvalue weighted by Gasteiger charge is -2.08. The van der Waals surface area contributed by atoms with Crippen LogP contribution in [0.15, 0.2) is 39.6 Å². The van der Waals surface area contributed by atoms with E-state index in [9.17, 15) is 14.7 Å². The summed E-state index contributed by atoms with van der Waals surface area (Å²) in [6.45, 7) is 1.88. The van der Waals surface area contributed by atoms with Crippen molar-refractivity contribution in [3.05, 3.63) is 63.2 Å². The van der Waals surface area contributed by atoms with Crippen molar-refractivity contribution in [2.24, 2.45) is 0 Å². The Kier molecular flexibility index (Phi) is 5.55. The highest BCUT2D eigenvalue weighted by molar-refractivity contribution is 6.08. The molecule has 0 aliphatic rings. The first-order valence-corrected chi connectivity index (χ1v) is 7.18. The second kappa shape index (κ2) is 7.61. The molecule has 0 saturated heterocycles. The number of methoxy groups -OCH3 is 2. The van der Waals surface area contributed by atoms with Gasteiger partial charge in [0, 0.05) is 18.7 Å². The zero-order valence-electron chi connectivity index (χ0n) is 13.7. The van der Waals surface area contributed by atoms with Crippen molar-refractivity contribution in [1.29, 1.82) is 0 Å². The van der Waals surface area contributed by atoms with Gasteiger partial charge < -0.3 is 19.0 Å². The lowest BCUT2D eigenvalue weighted by atomic mass is 10.1. The van der Waals surface area contributed by atoms with E-state index in [1.807, 2.05) is 6.07 Å². The molecule has 0 aliphatic carbocycles. The summed E-state index contributed by atoms with van der Waals surface area (Å²) in [5.74, 6) is -0.117. The van der Waals surface area contributed by atoms with Crippen LogP contribution in [0.1, 0.15) is 27.2 Å². The third-order valence-electron chi connectivity index (χ3n) is 3.33. The molecule has 2 aromatic rings. The summed E-state index contributed by atoms with van der Waals surface area (Å²) in [4.78, 5) is 23.9. The van der Waals surface area contributed by atoms with E-state index in [1.165, 1.54) is 19.1 Å². The van der Waals surface area contributed by atoms with Crippen LogP contribution in [-0.4, -0.2) is 25.1 Å². The van der Waals surface area contributed by atoms with E-state index < -0.39 is 17.2 Å². The molecule has 0 saturated carbocycles. The van der Waals surface area contributed by atoms with E-state index >= 15 is 0 Å². The number of rotatable bonds is 6. The third kappa shape index (κ3) is 3.91. The molecule has 1 aromatic carbocycles. The van der Waals surface area contributed by atoms with E-state index in [2.05, 4.69) is 0 Å². The third-order valence-corrected chi connectivity index (χ3v) is 3.33. The topological polar surface area (TPSA) is 86.0 Å². The molecule has 0 spiro atoms. The zero-order valence-corrected chi connectivity index (χ0v) is 13.7. The summed E-state index contributed by atoms with van der Waals surface area (Å²) in [6.07, 6.45) is 2.75. The maximum absolute atomic E-state index is 12.1. The number of ketones is 1. The first kappa shape index (κ1) is 17.5. The van der Waals surface area contributed by atoms with Crippen LogP contribution in [0.2, 0.25) is 0 Å². The molecule has 0 unspecified atom stereocenters. The molecule has 1 aromatic heterocycles. The van der Waals surface area contributed by atoms with Crippen LogP contribution >= 0.6 is 0 Å². The number of carbonyl (C=O) groups is 1. The van der Waals surface area contributed by atoms with Crippen LogP contribution in [0.3, 0.4) is 0 Å². The van der Waals surface area contributed by atoms with Crippen molar-refractivity contribution in [1.82, 2.24) is 0 Å². The quantitative estimate of drug-likeness (QED) is 0.647. The molecule has 6 heteroatoms. The maximum atomic E-state index is 12.1. The first-order valence-electron chi connectivity index (χ1n) is 7.18. The number of benzene rings is 1. The first-order chi connectivity index (χ1) is 11.5. The molecular weight excluding hydrogens is 312 g/mol. The van der Waals surface area contributed by atoms with Gasteiger partial charge in [-0.2, -0.15) is 0 Å². The second-order valence-corrected chi connectivity index (χ2v) is 5.11. The van der Waals surface area contributed by atoms with E-state index in [0.717, 1.165) is 11.1 Å². The highest BCUT2D eigenvalue weighted by Crippen LogP contribution is 2.22. The van der Waals surface area contributed by atoms with Crippen LogP contribution in [-0.2, 0) is 11.3 Å². The van der Waals surface area contributed by atoms with E-state index in [4.69, 9.17) is 13.9 Å². The lowest BCUT2D eigenvalue weighted by molar-refractivity contribution is 0.104. The van der Waals surface area contributed by atoms with Crippen LogP contribution in [0.4, 0.5) is 0 Å². The zero-order chi connectivity index (χ0) is 17.7. The Hall–Kier alpha value is -2.86. The number of aromatic hydroxyl groups is 1. The van der Waals surface area contributed by atoms with E-state index in [0.29, 0.717) is 12.4 Å². The molecule has 2 rings (SSSR count). The molecule has 0 fully saturated rings. The Labute approximate surface area is 139 Å². The van der Waals surface area contributed by atoms with Crippen LogP contribution in [0, 0.1) is 6.92 Å². The number of hydrogen-bond acceptors (Lipinski definition) is 6. The fourth-order valence-electron chi connectivity index (χ4n) is 2.25. The smallest absolute Gasteiger partial charge is 0.351 e. The van der Waals surface area contributed by atoms with Crippen LogP contribution in [0.25, 0.3) is 6.08 Å². The summed E-state index contributed by atoms with van der Waals surface area (Å²) in [5.41, 5.74) is 0.305. The van der Waals surface area contributed by atoms with Gasteiger partial charge in [-0.05, 0) is 30.7 Å². The molecule has 24 heavy (non-hydrogen) atoms. The van der Waals surface area contributed by atoms with Gasteiger partial charge in [-0.25, -0.2) is 4.79 Å². The van der Waals surface area contributed by atoms with Gasteiger partial charge >= 0.3 is 5.63 Å². The van der Waals surface area contributed by atoms with Gasteiger partial charge in [0.25, 0.3) is 0 Å². The number of ether oxygens (including phenoxy) is 2. The molecule has 6 nitrogen and oxygen atoms in total. The van der Waals surface area contributed by atoms with Crippen molar-refractivity contribution < 1.29 is 23.8 Å². The van der Waals surface area contributed by atoms with Gasteiger partial charge in [-0.15, -0.1) is 0 Å². The molecule has 0 aliphatic heterocycles. The molecule has 0 bridgehead atoms. The van der Waals surface area contributed by atoms with Gasteiger partial charge in [-0.1, -0.05) is 12.1 Å². The van der Waals surface area contributed by atoms with Crippen molar-refractivity contribution in [3.63, 3.8) is 0 Å². The Morgan fingerprint density at radius 3 is 2.67 bits per heavy atom. The fourth-order valence-corrected chi connectivity index (χ4v) is 2.25. The predicted molar refractivity (Wildman–Crippen MR) is 88.5 cm³/mol. The molecule has 1 heterocycles. The molecule has 0 amide bonds. The minimum absolute atomic E-state index is 0.234. The van der Waals surface area contributed by atoms with Gasteiger partial charge in [0.1, 0.15) is 22.8 Å². The average molecular weight is 330 g/mol. The summed E-state index contributed by atoms with van der Waals surface area (Å²) in [5, 5.41) is 9.77. The second-order valence-electron chi connectivity index (χ2n) is 5.11. The summed E-state index contributed by atoms with van der Waals surface area (Å²) in [6, 6.07) is 6.56. The number of carbonyl (C=O) groups excluding carboxylic acids is 1. The number of allylic oxidation sites excluding steroid dienone is 1. The number of aryl methyl sites for hydroxylation is 1. The molecule has 1 N–H and O–H groups in total. The Bertz CT molecular complexity index is 832. The highest BCUT2D eigenvalue weighted by Gasteiger charge is 2.15. The van der Waals surface area contributed by atoms with Crippen LogP contribution in [0.5, 0.6) is 11.5 Å². The van der Waals surface area contributed by atoms with E-state index in [1.54, 1.807) is 32.4 Å². The Balaban J connectivity index is 2.29. The minimum Gasteiger partial charge on any atom is -0.507 e. The van der Waals surface area contributed by atoms with Gasteiger partial charge in [0.05, 0.1) is 13.7 Å². The molecule has 126 valence electrons. The van der Waals surface area contributed by atoms with E-state index in [-0.39, 0.29) is 11.3 Å². The van der Waals surface area contributed by atoms with Gasteiger partial charge in [0.2, 0.25) is 0 Å². The largest absolute Gasteiger partial charge is 0.507 e. The van der Waals surface area contributed by atoms with Crippen molar-refractivity contribution in [2.75, 3.05) is 14.2 Å². The van der Waals surface area contributed by atoms with Gasteiger partial charge in [-0.3, -0.25) is 4.79 Å². The molecule has 0 radical (unpaired) electrons. The number of hydrogen-bond donors (Lipinski definition) is 1. The average Bonchev–Trinajstić information content (AvgIpc) is 2.52. The maximum Gasteiger partial charge on any atom is 0.351 e. The standard InChI is InChI=1S/C18H18O6/c1-11-8-15(20)17(18(21)24-11)14(19)6-4-12-5-7-16(23-3)13(9-12)10-22-2/h4-9,20H,10H2,1-3H3/b6-4+. The van der Waals surface area contributed by atoms with Crippen LogP contribution < -0.4 is 10.4 Å². The van der Waals surface area contributed by atoms with Gasteiger partial charge in [0.15, 0.2) is 5.78 Å². The monoisotopic (exact) mass is 330 g/mol. The lowest BCUT2D eigenvalue weighted by Crippen LogP contribution is -2.12. The normalized spacial score (nSPS) is 11.0. The predicted octanol–water partition coefficient (Wildman–Crippen LogP) is 2.70. The summed E-state index contributed by atoms with van der Waals surface area (Å²) < 4.78 is 15.2. The van der Waals surface area contributed by atoms with Crippen molar-refractivity contribution in [2.45, 2.75) is 13.5 Å². The Morgan fingerprint density at radius 2 is 2.04 bits per heavy atom. The van der Waals surface area contributed by atoms with Crippen molar-refractivity contribution in [3.8, 4) is 11.5 Å². The minimum atomic E-state index is -0.864. The summed E-state index contributed by atoms with van der Waals surface area (Å²) >= 11 is 0. The molecule has 0 atom stereocenters. The summed E-state index contributed by atoms with van der Waals surface area (Å²) in [7, 11) is 3.14. The van der Waals surface area contributed by atoms with Crippen molar-refractivity contribution >= 4 is 11.9 Å². The molecular formula is C18H18O6. The highest BCUT2D eigenvalue weighted by atomic mass is 16.5. The fraction of sp³-hybridized carbons (Fsp3) is 0.222.